The monoisotopic (exact) mass is 490 g/mol. The molecule has 174 valence electrons. The van der Waals surface area contributed by atoms with Crippen LogP contribution in [0.15, 0.2) is 29.2 Å². The maximum absolute atomic E-state index is 12.5. The zero-order valence-electron chi connectivity index (χ0n) is 17.0. The molecule has 1 aromatic carbocycles. The molecule has 32 heavy (non-hydrogen) atoms. The van der Waals surface area contributed by atoms with Gasteiger partial charge in [0.25, 0.3) is 11.1 Å². The van der Waals surface area contributed by atoms with Crippen molar-refractivity contribution in [2.45, 2.75) is 6.18 Å². The zero-order valence-corrected chi connectivity index (χ0v) is 18.6. The summed E-state index contributed by atoms with van der Waals surface area (Å²) in [6, 6.07) is 6.95. The van der Waals surface area contributed by atoms with Crippen LogP contribution < -0.4 is 5.32 Å². The molecule has 0 aromatic heterocycles. The minimum Gasteiger partial charge on any atom is -0.353 e. The number of alkyl halides is 3. The van der Waals surface area contributed by atoms with Gasteiger partial charge < -0.3 is 5.32 Å². The van der Waals surface area contributed by atoms with Gasteiger partial charge in [0.1, 0.15) is 0 Å². The molecule has 2 saturated heterocycles. The summed E-state index contributed by atoms with van der Waals surface area (Å²) in [5.74, 6) is -0.761. The molecule has 3 rings (SSSR count). The number of rotatable bonds is 7. The molecule has 1 N–H and O–H groups in total. The van der Waals surface area contributed by atoms with Gasteiger partial charge in [-0.15, -0.1) is 0 Å². The highest BCUT2D eigenvalue weighted by atomic mass is 35.5. The van der Waals surface area contributed by atoms with Crippen molar-refractivity contribution in [1.29, 1.82) is 0 Å². The van der Waals surface area contributed by atoms with Gasteiger partial charge in [0, 0.05) is 44.3 Å². The van der Waals surface area contributed by atoms with Gasteiger partial charge in [-0.3, -0.25) is 29.1 Å². The second-order valence-corrected chi connectivity index (χ2v) is 8.77. The summed E-state index contributed by atoms with van der Waals surface area (Å²) in [6.07, 6.45) is -2.67. The van der Waals surface area contributed by atoms with E-state index in [0.29, 0.717) is 23.7 Å². The number of piperazine rings is 1. The van der Waals surface area contributed by atoms with E-state index in [9.17, 15) is 27.6 Å². The lowest BCUT2D eigenvalue weighted by molar-refractivity contribution is -0.149. The van der Waals surface area contributed by atoms with Crippen LogP contribution in [-0.4, -0.2) is 90.3 Å². The Morgan fingerprint density at radius 3 is 2.44 bits per heavy atom. The van der Waals surface area contributed by atoms with E-state index in [-0.39, 0.29) is 43.5 Å². The minimum atomic E-state index is -4.23. The standard InChI is InChI=1S/C20H22ClF3N4O3S/c21-15-4-2-1-3-14(15)11-16-18(30)28(19(31)32-16)6-5-25-17(29)12-26-7-9-27(10-8-26)13-20(22,23)24/h1-4,11H,5-10,12-13H2,(H,25,29)/b16-11-. The summed E-state index contributed by atoms with van der Waals surface area (Å²) in [6.45, 7) is 0.408. The number of nitrogens with zero attached hydrogens (tertiary/aromatic N) is 3. The molecular formula is C20H22ClF3N4O3S. The number of hydrogen-bond donors (Lipinski definition) is 1. The van der Waals surface area contributed by atoms with Crippen LogP contribution in [0.3, 0.4) is 0 Å². The van der Waals surface area contributed by atoms with E-state index < -0.39 is 23.9 Å². The molecule has 0 radical (unpaired) electrons. The van der Waals surface area contributed by atoms with Gasteiger partial charge in [0.15, 0.2) is 0 Å². The van der Waals surface area contributed by atoms with E-state index in [4.69, 9.17) is 11.6 Å². The van der Waals surface area contributed by atoms with Gasteiger partial charge in [0.2, 0.25) is 5.91 Å². The average Bonchev–Trinajstić information content (AvgIpc) is 2.97. The van der Waals surface area contributed by atoms with Crippen LogP contribution in [0.25, 0.3) is 6.08 Å². The van der Waals surface area contributed by atoms with Crippen molar-refractivity contribution in [3.05, 3.63) is 39.8 Å². The third-order valence-corrected chi connectivity index (χ3v) is 6.21. The van der Waals surface area contributed by atoms with Crippen LogP contribution in [0, 0.1) is 0 Å². The van der Waals surface area contributed by atoms with Crippen LogP contribution in [0.1, 0.15) is 5.56 Å². The first kappa shape index (κ1) is 24.6. The highest BCUT2D eigenvalue weighted by Gasteiger charge is 2.35. The quantitative estimate of drug-likeness (QED) is 0.592. The van der Waals surface area contributed by atoms with Crippen molar-refractivity contribution >= 4 is 46.5 Å². The number of carbonyl (C=O) groups excluding carboxylic acids is 3. The molecule has 7 nitrogen and oxygen atoms in total. The molecule has 3 amide bonds. The number of halogens is 4. The number of nitrogens with one attached hydrogen (secondary N) is 1. The van der Waals surface area contributed by atoms with Crippen LogP contribution in [0.4, 0.5) is 18.0 Å². The van der Waals surface area contributed by atoms with Gasteiger partial charge in [0.05, 0.1) is 18.0 Å². The fraction of sp³-hybridized carbons (Fsp3) is 0.450. The molecule has 1 aromatic rings. The van der Waals surface area contributed by atoms with Crippen molar-refractivity contribution < 1.29 is 27.6 Å². The maximum atomic E-state index is 12.5. The van der Waals surface area contributed by atoms with Crippen molar-refractivity contribution in [3.8, 4) is 0 Å². The maximum Gasteiger partial charge on any atom is 0.401 e. The first-order chi connectivity index (χ1) is 15.1. The third kappa shape index (κ3) is 6.96. The summed E-state index contributed by atoms with van der Waals surface area (Å²) < 4.78 is 37.3. The lowest BCUT2D eigenvalue weighted by Gasteiger charge is -2.34. The summed E-state index contributed by atoms with van der Waals surface area (Å²) in [5, 5.41) is 2.69. The number of imide groups is 1. The molecule has 2 aliphatic rings. The molecule has 0 bridgehead atoms. The molecule has 0 unspecified atom stereocenters. The topological polar surface area (TPSA) is 73.0 Å². The van der Waals surface area contributed by atoms with E-state index in [1.54, 1.807) is 35.2 Å². The second-order valence-electron chi connectivity index (χ2n) is 7.37. The molecule has 2 heterocycles. The van der Waals surface area contributed by atoms with Crippen LogP contribution in [-0.2, 0) is 9.59 Å². The normalized spacial score (nSPS) is 19.8. The van der Waals surface area contributed by atoms with Crippen LogP contribution in [0.5, 0.6) is 0 Å². The smallest absolute Gasteiger partial charge is 0.353 e. The zero-order chi connectivity index (χ0) is 23.3. The second kappa shape index (κ2) is 10.7. The predicted molar refractivity (Wildman–Crippen MR) is 116 cm³/mol. The summed E-state index contributed by atoms with van der Waals surface area (Å²) in [7, 11) is 0. The van der Waals surface area contributed by atoms with E-state index >= 15 is 0 Å². The van der Waals surface area contributed by atoms with Crippen molar-refractivity contribution in [2.24, 2.45) is 0 Å². The minimum absolute atomic E-state index is 0.0234. The van der Waals surface area contributed by atoms with Gasteiger partial charge in [-0.05, 0) is 29.5 Å². The Kier molecular flexibility index (Phi) is 8.21. The number of amides is 3. The fourth-order valence-electron chi connectivity index (χ4n) is 3.35. The number of carbonyl (C=O) groups is 3. The van der Waals surface area contributed by atoms with E-state index in [2.05, 4.69) is 5.32 Å². The van der Waals surface area contributed by atoms with E-state index in [1.165, 1.54) is 4.90 Å². The lowest BCUT2D eigenvalue weighted by Crippen LogP contribution is -2.51. The molecule has 2 aliphatic heterocycles. The Morgan fingerprint density at radius 2 is 1.78 bits per heavy atom. The Morgan fingerprint density at radius 1 is 1.12 bits per heavy atom. The highest BCUT2D eigenvalue weighted by Crippen LogP contribution is 2.33. The van der Waals surface area contributed by atoms with E-state index in [0.717, 1.165) is 16.7 Å². The molecule has 2 fully saturated rings. The molecule has 12 heteroatoms. The highest BCUT2D eigenvalue weighted by molar-refractivity contribution is 8.18. The fourth-order valence-corrected chi connectivity index (χ4v) is 4.40. The predicted octanol–water partition coefficient (Wildman–Crippen LogP) is 2.67. The van der Waals surface area contributed by atoms with Crippen LogP contribution in [0.2, 0.25) is 5.02 Å². The van der Waals surface area contributed by atoms with Gasteiger partial charge in [-0.2, -0.15) is 13.2 Å². The van der Waals surface area contributed by atoms with Crippen LogP contribution >= 0.6 is 23.4 Å². The largest absolute Gasteiger partial charge is 0.401 e. The van der Waals surface area contributed by atoms with Gasteiger partial charge in [-0.25, -0.2) is 0 Å². The molecular weight excluding hydrogens is 469 g/mol. The SMILES string of the molecule is O=C(CN1CCN(CC(F)(F)F)CC1)NCCN1C(=O)S/C(=C\c2ccccc2Cl)C1=O. The summed E-state index contributed by atoms with van der Waals surface area (Å²) in [4.78, 5) is 41.2. The number of benzene rings is 1. The summed E-state index contributed by atoms with van der Waals surface area (Å²) in [5.41, 5.74) is 0.628. The average molecular weight is 491 g/mol. The lowest BCUT2D eigenvalue weighted by atomic mass is 10.2. The Balaban J connectivity index is 1.41. The molecule has 0 spiro atoms. The van der Waals surface area contributed by atoms with Gasteiger partial charge in [-0.1, -0.05) is 29.8 Å². The Hall–Kier alpha value is -2.08. The Bertz CT molecular complexity index is 904. The molecule has 0 aliphatic carbocycles. The van der Waals surface area contributed by atoms with Crippen molar-refractivity contribution in [1.82, 2.24) is 20.0 Å². The molecule has 0 saturated carbocycles. The number of hydrogen-bond acceptors (Lipinski definition) is 6. The number of thioether (sulfide) groups is 1. The Labute approximate surface area is 192 Å². The first-order valence-corrected chi connectivity index (χ1v) is 11.1. The van der Waals surface area contributed by atoms with Crippen molar-refractivity contribution in [3.63, 3.8) is 0 Å². The third-order valence-electron chi connectivity index (χ3n) is 4.96. The van der Waals surface area contributed by atoms with Crippen molar-refractivity contribution in [2.75, 3.05) is 52.4 Å². The molecule has 0 atom stereocenters. The summed E-state index contributed by atoms with van der Waals surface area (Å²) >= 11 is 6.90. The van der Waals surface area contributed by atoms with E-state index in [1.807, 2.05) is 0 Å². The van der Waals surface area contributed by atoms with Gasteiger partial charge >= 0.3 is 6.18 Å². The first-order valence-electron chi connectivity index (χ1n) is 9.90.